The summed E-state index contributed by atoms with van der Waals surface area (Å²) in [5, 5.41) is 7.82. The molecule has 3 aromatic carbocycles. The zero-order valence-corrected chi connectivity index (χ0v) is 21.0. The van der Waals surface area contributed by atoms with Crippen LogP contribution < -0.4 is 19.9 Å². The van der Waals surface area contributed by atoms with Gasteiger partial charge >= 0.3 is 0 Å². The lowest BCUT2D eigenvalue weighted by atomic mass is 10.1. The molecule has 1 atom stereocenters. The molecule has 0 bridgehead atoms. The molecule has 35 heavy (non-hydrogen) atoms. The van der Waals surface area contributed by atoms with E-state index in [-0.39, 0.29) is 26.9 Å². The first-order valence-electron chi connectivity index (χ1n) is 10.4. The van der Waals surface area contributed by atoms with E-state index in [2.05, 4.69) is 10.0 Å². The Kier molecular flexibility index (Phi) is 8.51. The normalized spacial score (nSPS) is 12.7. The molecular weight excluding hydrogens is 514 g/mol. The summed E-state index contributed by atoms with van der Waals surface area (Å²) in [5.41, 5.74) is 0.994. The predicted molar refractivity (Wildman–Crippen MR) is 133 cm³/mol. The fourth-order valence-corrected chi connectivity index (χ4v) is 5.21. The molecule has 0 radical (unpaired) electrons. The number of amides is 1. The van der Waals surface area contributed by atoms with Crippen LogP contribution in [0.4, 0.5) is 5.69 Å². The second-order valence-corrected chi connectivity index (χ2v) is 11.1. The highest BCUT2D eigenvalue weighted by molar-refractivity contribution is 7.89. The summed E-state index contributed by atoms with van der Waals surface area (Å²) in [5.74, 6) is -0.299. The maximum Gasteiger partial charge on any atom is 0.242 e. The molecule has 0 aliphatic carbocycles. The van der Waals surface area contributed by atoms with Crippen molar-refractivity contribution in [3.05, 3.63) is 83.4 Å². The molecule has 0 saturated heterocycles. The number of nitrogens with two attached hydrogens (primary N) is 1. The summed E-state index contributed by atoms with van der Waals surface area (Å²) in [7, 11) is -8.04. The van der Waals surface area contributed by atoms with Crippen molar-refractivity contribution < 1.29 is 26.4 Å². The highest BCUT2D eigenvalue weighted by Gasteiger charge is 2.27. The second-order valence-electron chi connectivity index (χ2n) is 7.45. The summed E-state index contributed by atoms with van der Waals surface area (Å²) in [6.45, 7) is 2.14. The van der Waals surface area contributed by atoms with E-state index in [0.29, 0.717) is 12.4 Å². The number of hydrogen-bond acceptors (Lipinski definition) is 6. The molecule has 0 aliphatic rings. The van der Waals surface area contributed by atoms with Gasteiger partial charge in [-0.15, -0.1) is 0 Å². The van der Waals surface area contributed by atoms with Crippen LogP contribution in [0.25, 0.3) is 0 Å². The summed E-state index contributed by atoms with van der Waals surface area (Å²) in [4.78, 5) is 12.8. The van der Waals surface area contributed by atoms with Gasteiger partial charge in [0.2, 0.25) is 26.0 Å². The van der Waals surface area contributed by atoms with Crippen LogP contribution >= 0.6 is 11.6 Å². The third-order valence-electron chi connectivity index (χ3n) is 4.86. The van der Waals surface area contributed by atoms with E-state index in [4.69, 9.17) is 21.5 Å². The topological polar surface area (TPSA) is 145 Å². The summed E-state index contributed by atoms with van der Waals surface area (Å²) in [6, 6.07) is 16.9. The SMILES string of the molecule is CCOc1ccc(S(=O)(=O)N[C@@H](Cc2ccccc2)C(=O)Nc2ccc(S(N)(=O)=O)cc2)cc1Cl. The Labute approximate surface area is 209 Å². The van der Waals surface area contributed by atoms with Crippen molar-refractivity contribution in [2.75, 3.05) is 11.9 Å². The molecule has 0 aliphatic heterocycles. The number of primary sulfonamides is 1. The number of sulfonamides is 2. The highest BCUT2D eigenvalue weighted by atomic mass is 35.5. The molecule has 0 aromatic heterocycles. The molecule has 1 amide bonds. The lowest BCUT2D eigenvalue weighted by molar-refractivity contribution is -0.117. The third kappa shape index (κ3) is 7.26. The fourth-order valence-electron chi connectivity index (χ4n) is 3.17. The van der Waals surface area contributed by atoms with Crippen molar-refractivity contribution in [3.63, 3.8) is 0 Å². The smallest absolute Gasteiger partial charge is 0.242 e. The number of rotatable bonds is 10. The van der Waals surface area contributed by atoms with Crippen molar-refractivity contribution in [1.29, 1.82) is 0 Å². The van der Waals surface area contributed by atoms with Crippen molar-refractivity contribution in [3.8, 4) is 5.75 Å². The van der Waals surface area contributed by atoms with E-state index in [0.717, 1.165) is 5.56 Å². The van der Waals surface area contributed by atoms with Crippen LogP contribution in [0, 0.1) is 0 Å². The molecule has 3 rings (SSSR count). The zero-order chi connectivity index (χ0) is 25.6. The van der Waals surface area contributed by atoms with Gasteiger partial charge < -0.3 is 10.1 Å². The molecular formula is C23H24ClN3O6S2. The minimum Gasteiger partial charge on any atom is -0.492 e. The average molecular weight is 538 g/mol. The number of anilines is 1. The van der Waals surface area contributed by atoms with Gasteiger partial charge in [-0.05, 0) is 61.4 Å². The molecule has 9 nitrogen and oxygen atoms in total. The Hall–Kier alpha value is -2.96. The van der Waals surface area contributed by atoms with Crippen molar-refractivity contribution in [2.45, 2.75) is 29.2 Å². The van der Waals surface area contributed by atoms with Crippen LogP contribution in [0.5, 0.6) is 5.75 Å². The van der Waals surface area contributed by atoms with Crippen LogP contribution in [0.3, 0.4) is 0 Å². The van der Waals surface area contributed by atoms with Gasteiger partial charge in [0.05, 0.1) is 21.4 Å². The molecule has 0 spiro atoms. The van der Waals surface area contributed by atoms with E-state index in [1.165, 1.54) is 42.5 Å². The monoisotopic (exact) mass is 537 g/mol. The van der Waals surface area contributed by atoms with E-state index < -0.39 is 32.0 Å². The summed E-state index contributed by atoms with van der Waals surface area (Å²) < 4.78 is 56.9. The molecule has 3 aromatic rings. The molecule has 12 heteroatoms. The Bertz CT molecular complexity index is 1400. The Morgan fingerprint density at radius 2 is 1.60 bits per heavy atom. The molecule has 0 unspecified atom stereocenters. The maximum atomic E-state index is 13.1. The van der Waals surface area contributed by atoms with Crippen LogP contribution in [0.2, 0.25) is 5.02 Å². The number of carbonyl (C=O) groups is 1. The van der Waals surface area contributed by atoms with E-state index in [1.54, 1.807) is 37.3 Å². The lowest BCUT2D eigenvalue weighted by Crippen LogP contribution is -2.45. The van der Waals surface area contributed by atoms with E-state index in [1.807, 2.05) is 0 Å². The molecule has 0 fully saturated rings. The Balaban J connectivity index is 1.86. The molecule has 186 valence electrons. The quantitative estimate of drug-likeness (QED) is 0.362. The van der Waals surface area contributed by atoms with Gasteiger partial charge in [0.1, 0.15) is 11.8 Å². The predicted octanol–water partition coefficient (Wildman–Crippen LogP) is 2.91. The number of halogens is 1. The highest BCUT2D eigenvalue weighted by Crippen LogP contribution is 2.27. The molecule has 0 heterocycles. The number of benzene rings is 3. The molecule has 4 N–H and O–H groups in total. The van der Waals surface area contributed by atoms with Crippen molar-refractivity contribution in [2.24, 2.45) is 5.14 Å². The van der Waals surface area contributed by atoms with Gasteiger partial charge in [-0.2, -0.15) is 4.72 Å². The van der Waals surface area contributed by atoms with Gasteiger partial charge in [0.15, 0.2) is 0 Å². The third-order valence-corrected chi connectivity index (χ3v) is 7.55. The van der Waals surface area contributed by atoms with Gasteiger partial charge in [-0.25, -0.2) is 22.0 Å². The number of nitrogens with one attached hydrogen (secondary N) is 2. The largest absolute Gasteiger partial charge is 0.492 e. The van der Waals surface area contributed by atoms with Crippen LogP contribution in [0.1, 0.15) is 12.5 Å². The Morgan fingerprint density at radius 1 is 0.971 bits per heavy atom. The number of hydrogen-bond donors (Lipinski definition) is 3. The van der Waals surface area contributed by atoms with Crippen molar-refractivity contribution in [1.82, 2.24) is 4.72 Å². The number of ether oxygens (including phenoxy) is 1. The standard InChI is InChI=1S/C23H24ClN3O6S2/c1-2-33-22-13-12-19(15-20(22)24)35(31,32)27-21(14-16-6-4-3-5-7-16)23(28)26-17-8-10-18(11-9-17)34(25,29)30/h3-13,15,21,27H,2,14H2,1H3,(H,26,28)(H2,25,29,30)/t21-/m0/s1. The minimum absolute atomic E-state index is 0.0614. The van der Waals surface area contributed by atoms with E-state index in [9.17, 15) is 21.6 Å². The number of carbonyl (C=O) groups excluding carboxylic acids is 1. The maximum absolute atomic E-state index is 13.1. The van der Waals surface area contributed by atoms with Gasteiger partial charge in [0, 0.05) is 5.69 Å². The first kappa shape index (κ1) is 26.6. The van der Waals surface area contributed by atoms with Crippen LogP contribution in [0.15, 0.2) is 82.6 Å². The lowest BCUT2D eigenvalue weighted by Gasteiger charge is -2.19. The fraction of sp³-hybridized carbons (Fsp3) is 0.174. The molecule has 0 saturated carbocycles. The van der Waals surface area contributed by atoms with Gasteiger partial charge in [-0.1, -0.05) is 41.9 Å². The zero-order valence-electron chi connectivity index (χ0n) is 18.6. The summed E-state index contributed by atoms with van der Waals surface area (Å²) >= 11 is 6.15. The van der Waals surface area contributed by atoms with Crippen molar-refractivity contribution >= 4 is 43.2 Å². The van der Waals surface area contributed by atoms with Crippen LogP contribution in [-0.4, -0.2) is 35.4 Å². The van der Waals surface area contributed by atoms with Crippen LogP contribution in [-0.2, 0) is 31.3 Å². The van der Waals surface area contributed by atoms with E-state index >= 15 is 0 Å². The first-order valence-corrected chi connectivity index (χ1v) is 13.8. The van der Waals surface area contributed by atoms with Gasteiger partial charge in [0.25, 0.3) is 0 Å². The average Bonchev–Trinajstić information content (AvgIpc) is 2.80. The second kappa shape index (κ2) is 11.2. The Morgan fingerprint density at radius 3 is 2.17 bits per heavy atom. The summed E-state index contributed by atoms with van der Waals surface area (Å²) in [6.07, 6.45) is 0.0614. The minimum atomic E-state index is -4.14. The first-order chi connectivity index (χ1) is 16.5. The van der Waals surface area contributed by atoms with Gasteiger partial charge in [-0.3, -0.25) is 4.79 Å².